The summed E-state index contributed by atoms with van der Waals surface area (Å²) in [5, 5.41) is 12.1. The molecule has 1 aromatic rings. The maximum absolute atomic E-state index is 13.8. The van der Waals surface area contributed by atoms with Crippen molar-refractivity contribution in [2.24, 2.45) is 10.9 Å². The van der Waals surface area contributed by atoms with E-state index in [-0.39, 0.29) is 5.82 Å². The van der Waals surface area contributed by atoms with Crippen molar-refractivity contribution in [1.82, 2.24) is 10.2 Å². The van der Waals surface area contributed by atoms with Gasteiger partial charge < -0.3 is 15.0 Å². The van der Waals surface area contributed by atoms with Crippen LogP contribution in [0.25, 0.3) is 0 Å². The van der Waals surface area contributed by atoms with Crippen LogP contribution >= 0.6 is 0 Å². The number of likely N-dealkylation sites (tertiary alicyclic amines) is 1. The Kier molecular flexibility index (Phi) is 6.36. The molecule has 1 saturated heterocycles. The third-order valence-electron chi connectivity index (χ3n) is 3.97. The molecule has 0 radical (unpaired) electrons. The van der Waals surface area contributed by atoms with Gasteiger partial charge in [0.1, 0.15) is 5.82 Å². The molecule has 1 aromatic carbocycles. The number of nitriles is 1. The van der Waals surface area contributed by atoms with Crippen LogP contribution in [0.3, 0.4) is 0 Å². The summed E-state index contributed by atoms with van der Waals surface area (Å²) in [4.78, 5) is 6.44. The van der Waals surface area contributed by atoms with Gasteiger partial charge in [-0.15, -0.1) is 0 Å². The van der Waals surface area contributed by atoms with E-state index in [9.17, 15) is 4.39 Å². The summed E-state index contributed by atoms with van der Waals surface area (Å²) in [5.74, 6) is 0.945. The van der Waals surface area contributed by atoms with Gasteiger partial charge in [-0.3, -0.25) is 4.99 Å². The van der Waals surface area contributed by atoms with Crippen molar-refractivity contribution in [3.63, 3.8) is 0 Å². The Hall–Kier alpha value is -2.13. The van der Waals surface area contributed by atoms with Gasteiger partial charge >= 0.3 is 0 Å². The highest BCUT2D eigenvalue weighted by Crippen LogP contribution is 2.17. The van der Waals surface area contributed by atoms with Crippen LogP contribution in [0.15, 0.2) is 23.2 Å². The summed E-state index contributed by atoms with van der Waals surface area (Å²) >= 11 is 0. The van der Waals surface area contributed by atoms with Crippen LogP contribution in [-0.2, 0) is 11.3 Å². The topological polar surface area (TPSA) is 60.6 Å². The van der Waals surface area contributed by atoms with Gasteiger partial charge in [0.05, 0.1) is 18.2 Å². The zero-order valence-electron chi connectivity index (χ0n) is 13.7. The number of hydrogen-bond donors (Lipinski definition) is 1. The fraction of sp³-hybridized carbons (Fsp3) is 0.529. The molecule has 1 heterocycles. The molecule has 1 aliphatic heterocycles. The van der Waals surface area contributed by atoms with E-state index in [0.29, 0.717) is 23.6 Å². The Labute approximate surface area is 136 Å². The zero-order chi connectivity index (χ0) is 16.7. The molecular formula is C17H23FN4O. The molecule has 2 rings (SSSR count). The van der Waals surface area contributed by atoms with E-state index in [0.717, 1.165) is 38.7 Å². The molecule has 0 bridgehead atoms. The molecule has 0 aromatic heterocycles. The van der Waals surface area contributed by atoms with Crippen LogP contribution in [-0.4, -0.2) is 44.2 Å². The van der Waals surface area contributed by atoms with Crippen molar-refractivity contribution in [2.45, 2.75) is 19.9 Å². The largest absolute Gasteiger partial charge is 0.381 e. The number of guanidine groups is 1. The average molecular weight is 318 g/mol. The van der Waals surface area contributed by atoms with Crippen LogP contribution in [0.1, 0.15) is 24.5 Å². The summed E-state index contributed by atoms with van der Waals surface area (Å²) in [7, 11) is 1.72. The predicted molar refractivity (Wildman–Crippen MR) is 87.5 cm³/mol. The zero-order valence-corrected chi connectivity index (χ0v) is 13.7. The van der Waals surface area contributed by atoms with Crippen LogP contribution in [0.4, 0.5) is 4.39 Å². The van der Waals surface area contributed by atoms with Gasteiger partial charge in [0.2, 0.25) is 0 Å². The minimum absolute atomic E-state index is 0.306. The summed E-state index contributed by atoms with van der Waals surface area (Å²) in [6.45, 7) is 5.61. The predicted octanol–water partition coefficient (Wildman–Crippen LogP) is 2.13. The summed E-state index contributed by atoms with van der Waals surface area (Å²) in [6.07, 6.45) is 1.07. The molecule has 6 heteroatoms. The van der Waals surface area contributed by atoms with E-state index >= 15 is 0 Å². The summed E-state index contributed by atoms with van der Waals surface area (Å²) < 4.78 is 19.3. The first-order chi connectivity index (χ1) is 11.2. The Morgan fingerprint density at radius 2 is 2.39 bits per heavy atom. The molecule has 1 aliphatic rings. The van der Waals surface area contributed by atoms with Crippen LogP contribution in [0.5, 0.6) is 0 Å². The summed E-state index contributed by atoms with van der Waals surface area (Å²) in [6, 6.07) is 6.40. The van der Waals surface area contributed by atoms with Crippen molar-refractivity contribution in [3.8, 4) is 6.07 Å². The highest BCUT2D eigenvalue weighted by atomic mass is 19.1. The number of aliphatic imine (C=N–C) groups is 1. The second-order valence-corrected chi connectivity index (χ2v) is 5.58. The van der Waals surface area contributed by atoms with Crippen molar-refractivity contribution in [3.05, 3.63) is 35.1 Å². The normalized spacial score (nSPS) is 18.1. The third kappa shape index (κ3) is 4.67. The van der Waals surface area contributed by atoms with Crippen LogP contribution < -0.4 is 5.32 Å². The summed E-state index contributed by atoms with van der Waals surface area (Å²) in [5.41, 5.74) is 0.923. The lowest BCUT2D eigenvalue weighted by molar-refractivity contribution is 0.114. The van der Waals surface area contributed by atoms with Gasteiger partial charge in [-0.25, -0.2) is 4.39 Å². The van der Waals surface area contributed by atoms with E-state index in [4.69, 9.17) is 10.00 Å². The van der Waals surface area contributed by atoms with Gasteiger partial charge in [-0.1, -0.05) is 0 Å². The van der Waals surface area contributed by atoms with E-state index in [1.165, 1.54) is 12.1 Å². The Morgan fingerprint density at radius 1 is 1.57 bits per heavy atom. The van der Waals surface area contributed by atoms with E-state index in [2.05, 4.69) is 15.2 Å². The second-order valence-electron chi connectivity index (χ2n) is 5.58. The molecular weight excluding hydrogens is 295 g/mol. The number of benzene rings is 1. The van der Waals surface area contributed by atoms with E-state index in [1.54, 1.807) is 13.1 Å². The molecule has 1 N–H and O–H groups in total. The molecule has 0 saturated carbocycles. The lowest BCUT2D eigenvalue weighted by Crippen LogP contribution is -2.40. The fourth-order valence-corrected chi connectivity index (χ4v) is 2.73. The van der Waals surface area contributed by atoms with Gasteiger partial charge in [0.25, 0.3) is 0 Å². The molecule has 1 unspecified atom stereocenters. The number of nitrogens with one attached hydrogen (secondary N) is 1. The molecule has 124 valence electrons. The molecule has 5 nitrogen and oxygen atoms in total. The lowest BCUT2D eigenvalue weighted by atomic mass is 10.1. The lowest BCUT2D eigenvalue weighted by Gasteiger charge is -2.22. The highest BCUT2D eigenvalue weighted by molar-refractivity contribution is 5.80. The van der Waals surface area contributed by atoms with Crippen molar-refractivity contribution in [1.29, 1.82) is 5.26 Å². The van der Waals surface area contributed by atoms with Crippen molar-refractivity contribution < 1.29 is 9.13 Å². The smallest absolute Gasteiger partial charge is 0.193 e. The number of hydrogen-bond acceptors (Lipinski definition) is 3. The standard InChI is InChI=1S/C17H23FN4O/c1-3-23-12-14-6-7-22(11-14)17(20-2)21-10-15-8-13(9-19)4-5-16(15)18/h4-5,8,14H,3,6-7,10-12H2,1-2H3,(H,20,21). The number of rotatable bonds is 5. The van der Waals surface area contributed by atoms with Crippen molar-refractivity contribution in [2.75, 3.05) is 33.4 Å². The second kappa shape index (κ2) is 8.49. The van der Waals surface area contributed by atoms with Gasteiger partial charge in [-0.05, 0) is 31.5 Å². The van der Waals surface area contributed by atoms with Crippen molar-refractivity contribution >= 4 is 5.96 Å². The first-order valence-electron chi connectivity index (χ1n) is 7.89. The van der Waals surface area contributed by atoms with Gasteiger partial charge in [0.15, 0.2) is 5.96 Å². The third-order valence-corrected chi connectivity index (χ3v) is 3.97. The first-order valence-corrected chi connectivity index (χ1v) is 7.89. The quantitative estimate of drug-likeness (QED) is 0.667. The Bertz CT molecular complexity index is 597. The van der Waals surface area contributed by atoms with E-state index in [1.807, 2.05) is 13.0 Å². The molecule has 23 heavy (non-hydrogen) atoms. The van der Waals surface area contributed by atoms with E-state index < -0.39 is 0 Å². The highest BCUT2D eigenvalue weighted by Gasteiger charge is 2.24. The SMILES string of the molecule is CCOCC1CCN(C(=NC)NCc2cc(C#N)ccc2F)C1. The number of ether oxygens (including phenoxy) is 1. The van der Waals surface area contributed by atoms with Crippen LogP contribution in [0, 0.1) is 23.1 Å². The average Bonchev–Trinajstić information content (AvgIpc) is 3.04. The molecule has 0 amide bonds. The molecule has 1 fully saturated rings. The number of nitrogens with zero attached hydrogens (tertiary/aromatic N) is 3. The molecule has 0 spiro atoms. The minimum atomic E-state index is -0.317. The van der Waals surface area contributed by atoms with Crippen LogP contribution in [0.2, 0.25) is 0 Å². The van der Waals surface area contributed by atoms with Gasteiger partial charge in [-0.2, -0.15) is 5.26 Å². The van der Waals surface area contributed by atoms with Gasteiger partial charge in [0, 0.05) is 44.8 Å². The molecule has 1 atom stereocenters. The molecule has 0 aliphatic carbocycles. The first kappa shape index (κ1) is 17.2. The maximum atomic E-state index is 13.8. The minimum Gasteiger partial charge on any atom is -0.381 e. The Balaban J connectivity index is 1.93. The fourth-order valence-electron chi connectivity index (χ4n) is 2.73. The monoisotopic (exact) mass is 318 g/mol. The number of halogens is 1. The Morgan fingerprint density at radius 3 is 3.09 bits per heavy atom. The maximum Gasteiger partial charge on any atom is 0.193 e.